The Morgan fingerprint density at radius 3 is 2.35 bits per heavy atom. The van der Waals surface area contributed by atoms with Gasteiger partial charge in [-0.15, -0.1) is 0 Å². The number of carbonyl (C=O) groups excluding carboxylic acids is 2. The average Bonchev–Trinajstić information content (AvgIpc) is 2.73. The Bertz CT molecular complexity index is 1000. The lowest BCUT2D eigenvalue weighted by molar-refractivity contribution is -0.384. The number of rotatable bonds is 9. The van der Waals surface area contributed by atoms with Crippen LogP contribution in [0.4, 0.5) is 5.69 Å². The first kappa shape index (κ1) is 23.3. The van der Waals surface area contributed by atoms with Crippen LogP contribution < -0.4 is 10.6 Å². The SMILES string of the molecule is CC(C)C[C@@H](NC(=O)/C(=C\c1cccc([N+](=O)[O-])c1)NC(=O)c1ccccc1)C(=O)O. The molecule has 0 fully saturated rings. The van der Waals surface area contributed by atoms with E-state index in [1.807, 2.05) is 13.8 Å². The second-order valence-electron chi connectivity index (χ2n) is 7.22. The summed E-state index contributed by atoms with van der Waals surface area (Å²) in [6.07, 6.45) is 1.45. The Labute approximate surface area is 178 Å². The van der Waals surface area contributed by atoms with Crippen LogP contribution in [0.2, 0.25) is 0 Å². The van der Waals surface area contributed by atoms with Crippen LogP contribution >= 0.6 is 0 Å². The van der Waals surface area contributed by atoms with Gasteiger partial charge in [0, 0.05) is 17.7 Å². The van der Waals surface area contributed by atoms with Crippen LogP contribution in [-0.4, -0.2) is 33.9 Å². The zero-order chi connectivity index (χ0) is 23.0. The molecule has 31 heavy (non-hydrogen) atoms. The minimum absolute atomic E-state index is 0.00418. The zero-order valence-electron chi connectivity index (χ0n) is 17.1. The van der Waals surface area contributed by atoms with Crippen molar-refractivity contribution < 1.29 is 24.4 Å². The summed E-state index contributed by atoms with van der Waals surface area (Å²) in [7, 11) is 0. The smallest absolute Gasteiger partial charge is 0.326 e. The number of nitrogens with zero attached hydrogens (tertiary/aromatic N) is 1. The van der Waals surface area contributed by atoms with Gasteiger partial charge in [0.2, 0.25) is 0 Å². The molecule has 0 aliphatic carbocycles. The molecule has 0 aromatic heterocycles. The largest absolute Gasteiger partial charge is 0.480 e. The molecule has 2 rings (SSSR count). The van der Waals surface area contributed by atoms with E-state index in [0.29, 0.717) is 5.56 Å². The van der Waals surface area contributed by atoms with Crippen LogP contribution in [0.1, 0.15) is 36.2 Å². The summed E-state index contributed by atoms with van der Waals surface area (Å²) in [5.74, 6) is -2.59. The van der Waals surface area contributed by atoms with Gasteiger partial charge in [0.25, 0.3) is 17.5 Å². The summed E-state index contributed by atoms with van der Waals surface area (Å²) >= 11 is 0. The average molecular weight is 425 g/mol. The lowest BCUT2D eigenvalue weighted by atomic mass is 10.0. The van der Waals surface area contributed by atoms with E-state index in [4.69, 9.17) is 0 Å². The van der Waals surface area contributed by atoms with Crippen molar-refractivity contribution in [1.82, 2.24) is 10.6 Å². The number of benzene rings is 2. The van der Waals surface area contributed by atoms with E-state index in [1.165, 1.54) is 30.3 Å². The molecule has 3 N–H and O–H groups in total. The highest BCUT2D eigenvalue weighted by molar-refractivity contribution is 6.06. The predicted octanol–water partition coefficient (Wildman–Crippen LogP) is 2.98. The van der Waals surface area contributed by atoms with Crippen LogP contribution in [0.5, 0.6) is 0 Å². The van der Waals surface area contributed by atoms with E-state index in [2.05, 4.69) is 10.6 Å². The Morgan fingerprint density at radius 2 is 1.77 bits per heavy atom. The number of hydrogen-bond acceptors (Lipinski definition) is 5. The number of carboxylic acids is 1. The third kappa shape index (κ3) is 7.07. The third-order valence-electron chi connectivity index (χ3n) is 4.23. The van der Waals surface area contributed by atoms with E-state index in [9.17, 15) is 29.6 Å². The Morgan fingerprint density at radius 1 is 1.10 bits per heavy atom. The predicted molar refractivity (Wildman–Crippen MR) is 114 cm³/mol. The first-order valence-electron chi connectivity index (χ1n) is 9.53. The Hall–Kier alpha value is -4.01. The lowest BCUT2D eigenvalue weighted by Crippen LogP contribution is -2.45. The van der Waals surface area contributed by atoms with Crippen LogP contribution in [-0.2, 0) is 9.59 Å². The van der Waals surface area contributed by atoms with Gasteiger partial charge in [0.05, 0.1) is 4.92 Å². The molecule has 0 aliphatic heterocycles. The molecule has 0 spiro atoms. The highest BCUT2D eigenvalue weighted by Gasteiger charge is 2.24. The molecule has 0 saturated heterocycles. The molecule has 0 radical (unpaired) electrons. The molecular weight excluding hydrogens is 402 g/mol. The Kier molecular flexibility index (Phi) is 8.01. The van der Waals surface area contributed by atoms with Crippen molar-refractivity contribution >= 4 is 29.5 Å². The molecule has 0 saturated carbocycles. The summed E-state index contributed by atoms with van der Waals surface area (Å²) < 4.78 is 0. The van der Waals surface area contributed by atoms with Crippen molar-refractivity contribution in [2.45, 2.75) is 26.3 Å². The van der Waals surface area contributed by atoms with Crippen LogP contribution in [0, 0.1) is 16.0 Å². The van der Waals surface area contributed by atoms with Gasteiger partial charge in [-0.2, -0.15) is 0 Å². The van der Waals surface area contributed by atoms with E-state index in [-0.39, 0.29) is 29.3 Å². The minimum atomic E-state index is -1.20. The molecule has 0 aliphatic rings. The number of amides is 2. The third-order valence-corrected chi connectivity index (χ3v) is 4.23. The van der Waals surface area contributed by atoms with Crippen LogP contribution in [0.25, 0.3) is 6.08 Å². The minimum Gasteiger partial charge on any atom is -0.480 e. The highest BCUT2D eigenvalue weighted by atomic mass is 16.6. The second-order valence-corrected chi connectivity index (χ2v) is 7.22. The van der Waals surface area contributed by atoms with Crippen LogP contribution in [0.15, 0.2) is 60.3 Å². The zero-order valence-corrected chi connectivity index (χ0v) is 17.1. The molecule has 0 unspecified atom stereocenters. The maximum Gasteiger partial charge on any atom is 0.326 e. The maximum atomic E-state index is 12.8. The topological polar surface area (TPSA) is 139 Å². The Balaban J connectivity index is 2.38. The fraction of sp³-hybridized carbons (Fsp3) is 0.227. The van der Waals surface area contributed by atoms with Crippen molar-refractivity contribution in [2.75, 3.05) is 0 Å². The van der Waals surface area contributed by atoms with E-state index >= 15 is 0 Å². The molecule has 9 nitrogen and oxygen atoms in total. The number of nitro groups is 1. The van der Waals surface area contributed by atoms with Crippen molar-refractivity contribution in [2.24, 2.45) is 5.92 Å². The van der Waals surface area contributed by atoms with Gasteiger partial charge in [-0.3, -0.25) is 19.7 Å². The van der Waals surface area contributed by atoms with Crippen LogP contribution in [0.3, 0.4) is 0 Å². The monoisotopic (exact) mass is 425 g/mol. The first-order chi connectivity index (χ1) is 14.7. The quantitative estimate of drug-likeness (QED) is 0.321. The van der Waals surface area contributed by atoms with E-state index in [1.54, 1.807) is 30.3 Å². The van der Waals surface area contributed by atoms with Gasteiger partial charge in [0.15, 0.2) is 0 Å². The number of aliphatic carboxylic acids is 1. The van der Waals surface area contributed by atoms with Gasteiger partial charge >= 0.3 is 5.97 Å². The highest BCUT2D eigenvalue weighted by Crippen LogP contribution is 2.16. The van der Waals surface area contributed by atoms with E-state index in [0.717, 1.165) is 0 Å². The van der Waals surface area contributed by atoms with Gasteiger partial charge < -0.3 is 15.7 Å². The number of nitro benzene ring substituents is 1. The number of hydrogen-bond donors (Lipinski definition) is 3. The van der Waals surface area contributed by atoms with Crippen molar-refractivity contribution in [3.63, 3.8) is 0 Å². The number of nitrogens with one attached hydrogen (secondary N) is 2. The summed E-state index contributed by atoms with van der Waals surface area (Å²) in [4.78, 5) is 47.4. The number of carboxylic acid groups (broad SMARTS) is 1. The van der Waals surface area contributed by atoms with Gasteiger partial charge in [-0.1, -0.05) is 44.2 Å². The maximum absolute atomic E-state index is 12.8. The lowest BCUT2D eigenvalue weighted by Gasteiger charge is -2.18. The number of carbonyl (C=O) groups is 3. The summed E-state index contributed by atoms with van der Waals surface area (Å²) in [6, 6.07) is 12.5. The first-order valence-corrected chi connectivity index (χ1v) is 9.53. The second kappa shape index (κ2) is 10.7. The summed E-state index contributed by atoms with van der Waals surface area (Å²) in [6.45, 7) is 3.64. The molecule has 162 valence electrons. The fourth-order valence-electron chi connectivity index (χ4n) is 2.77. The van der Waals surface area contributed by atoms with Crippen molar-refractivity contribution in [3.05, 3.63) is 81.5 Å². The number of non-ortho nitro benzene ring substituents is 1. The van der Waals surface area contributed by atoms with Crippen molar-refractivity contribution in [3.8, 4) is 0 Å². The fourth-order valence-corrected chi connectivity index (χ4v) is 2.77. The molecule has 2 aromatic carbocycles. The summed E-state index contributed by atoms with van der Waals surface area (Å²) in [5.41, 5.74) is 0.163. The molecule has 2 amide bonds. The van der Waals surface area contributed by atoms with Gasteiger partial charge in [0.1, 0.15) is 11.7 Å². The van der Waals surface area contributed by atoms with Crippen molar-refractivity contribution in [1.29, 1.82) is 0 Å². The molecular formula is C22H23N3O6. The normalized spacial score (nSPS) is 12.2. The molecule has 0 bridgehead atoms. The molecule has 2 aromatic rings. The molecule has 1 atom stereocenters. The molecule has 0 heterocycles. The standard InChI is InChI=1S/C22H23N3O6/c1-14(2)11-19(22(28)29)24-21(27)18(23-20(26)16-8-4-3-5-9-16)13-15-7-6-10-17(12-15)25(30)31/h3-10,12-14,19H,11H2,1-2H3,(H,23,26)(H,24,27)(H,28,29)/b18-13+/t19-/m1/s1. The van der Waals surface area contributed by atoms with E-state index < -0.39 is 28.7 Å². The summed E-state index contributed by atoms with van der Waals surface area (Å²) in [5, 5.41) is 25.3. The van der Waals surface area contributed by atoms with Gasteiger partial charge in [-0.25, -0.2) is 4.79 Å². The molecule has 9 heteroatoms. The van der Waals surface area contributed by atoms with Gasteiger partial charge in [-0.05, 0) is 36.1 Å².